The summed E-state index contributed by atoms with van der Waals surface area (Å²) in [6.07, 6.45) is 0.238. The predicted molar refractivity (Wildman–Crippen MR) is 65.8 cm³/mol. The Balaban J connectivity index is 3.01. The van der Waals surface area contributed by atoms with Crippen molar-refractivity contribution in [3.63, 3.8) is 0 Å². The molecule has 1 rings (SSSR count). The third-order valence-corrected chi connectivity index (χ3v) is 2.90. The fraction of sp³-hybridized carbons (Fsp3) is 0.417. The van der Waals surface area contributed by atoms with Gasteiger partial charge in [0.25, 0.3) is 0 Å². The highest BCUT2D eigenvalue weighted by Gasteiger charge is 2.14. The third-order valence-electron chi connectivity index (χ3n) is 2.28. The van der Waals surface area contributed by atoms with E-state index in [1.54, 1.807) is 14.0 Å². The summed E-state index contributed by atoms with van der Waals surface area (Å²) in [7, 11) is 1.59. The van der Waals surface area contributed by atoms with Crippen LogP contribution in [0.5, 0.6) is 5.75 Å². The minimum absolute atomic E-state index is 0.234. The van der Waals surface area contributed by atoms with E-state index in [1.807, 2.05) is 19.1 Å². The molecule has 88 valence electrons. The van der Waals surface area contributed by atoms with Gasteiger partial charge in [0.1, 0.15) is 5.75 Å². The van der Waals surface area contributed by atoms with Gasteiger partial charge in [-0.3, -0.25) is 4.79 Å². The molecular formula is C12H15BrO3. The monoisotopic (exact) mass is 286 g/mol. The quantitative estimate of drug-likeness (QED) is 0.799. The predicted octanol–water partition coefficient (Wildman–Crippen LogP) is 2.87. The normalized spacial score (nSPS) is 10.0. The van der Waals surface area contributed by atoms with E-state index in [0.29, 0.717) is 12.4 Å². The lowest BCUT2D eigenvalue weighted by atomic mass is 10.0. The van der Waals surface area contributed by atoms with Crippen molar-refractivity contribution in [2.45, 2.75) is 20.3 Å². The van der Waals surface area contributed by atoms with Crippen LogP contribution >= 0.6 is 15.9 Å². The summed E-state index contributed by atoms with van der Waals surface area (Å²) in [6, 6.07) is 3.85. The van der Waals surface area contributed by atoms with E-state index in [4.69, 9.17) is 9.47 Å². The molecular weight excluding hydrogens is 272 g/mol. The Labute approximate surface area is 104 Å². The van der Waals surface area contributed by atoms with Gasteiger partial charge in [-0.25, -0.2) is 0 Å². The minimum Gasteiger partial charge on any atom is -0.495 e. The Bertz CT molecular complexity index is 388. The first-order valence-electron chi connectivity index (χ1n) is 5.07. The molecule has 0 aliphatic carbocycles. The van der Waals surface area contributed by atoms with Crippen molar-refractivity contribution in [2.24, 2.45) is 0 Å². The van der Waals surface area contributed by atoms with E-state index >= 15 is 0 Å². The maximum atomic E-state index is 11.5. The van der Waals surface area contributed by atoms with Crippen LogP contribution in [-0.2, 0) is 16.0 Å². The lowest BCUT2D eigenvalue weighted by Gasteiger charge is -2.12. The Hall–Kier alpha value is -1.03. The topological polar surface area (TPSA) is 35.5 Å². The molecule has 0 heterocycles. The summed E-state index contributed by atoms with van der Waals surface area (Å²) in [5, 5.41) is 0. The zero-order valence-electron chi connectivity index (χ0n) is 9.67. The van der Waals surface area contributed by atoms with Crippen LogP contribution in [0.1, 0.15) is 18.1 Å². The molecule has 1 aromatic carbocycles. The summed E-state index contributed by atoms with van der Waals surface area (Å²) >= 11 is 3.39. The molecule has 1 aromatic rings. The van der Waals surface area contributed by atoms with Crippen molar-refractivity contribution in [3.05, 3.63) is 27.7 Å². The SMILES string of the molecule is CCOC(=O)Cc1c(C)ccc(Br)c1OC. The number of carbonyl (C=O) groups is 1. The number of methoxy groups -OCH3 is 1. The van der Waals surface area contributed by atoms with Crippen LogP contribution in [0.15, 0.2) is 16.6 Å². The average molecular weight is 287 g/mol. The molecule has 0 aromatic heterocycles. The van der Waals surface area contributed by atoms with E-state index in [1.165, 1.54) is 0 Å². The molecule has 0 atom stereocenters. The number of rotatable bonds is 4. The van der Waals surface area contributed by atoms with Gasteiger partial charge in [-0.2, -0.15) is 0 Å². The van der Waals surface area contributed by atoms with Crippen molar-refractivity contribution in [1.29, 1.82) is 0 Å². The van der Waals surface area contributed by atoms with E-state index in [0.717, 1.165) is 15.6 Å². The maximum absolute atomic E-state index is 11.5. The Morgan fingerprint density at radius 3 is 2.69 bits per heavy atom. The smallest absolute Gasteiger partial charge is 0.310 e. The van der Waals surface area contributed by atoms with Gasteiger partial charge in [0.05, 0.1) is 24.6 Å². The van der Waals surface area contributed by atoms with Gasteiger partial charge >= 0.3 is 5.97 Å². The number of aryl methyl sites for hydroxylation is 1. The third kappa shape index (κ3) is 2.98. The number of benzene rings is 1. The Morgan fingerprint density at radius 1 is 1.44 bits per heavy atom. The molecule has 0 bridgehead atoms. The number of carbonyl (C=O) groups excluding carboxylic acids is 1. The van der Waals surface area contributed by atoms with Crippen molar-refractivity contribution >= 4 is 21.9 Å². The summed E-state index contributed by atoms with van der Waals surface area (Å²) in [5.74, 6) is 0.468. The molecule has 0 radical (unpaired) electrons. The van der Waals surface area contributed by atoms with Gasteiger partial charge in [-0.05, 0) is 41.4 Å². The van der Waals surface area contributed by atoms with Crippen LogP contribution in [0.2, 0.25) is 0 Å². The molecule has 3 nitrogen and oxygen atoms in total. The minimum atomic E-state index is -0.234. The molecule has 0 amide bonds. The number of hydrogen-bond acceptors (Lipinski definition) is 3. The highest BCUT2D eigenvalue weighted by molar-refractivity contribution is 9.10. The molecule has 0 unspecified atom stereocenters. The number of ether oxygens (including phenoxy) is 2. The Kier molecular flexibility index (Phi) is 4.80. The highest BCUT2D eigenvalue weighted by Crippen LogP contribution is 2.31. The average Bonchev–Trinajstić information content (AvgIpc) is 2.24. The lowest BCUT2D eigenvalue weighted by molar-refractivity contribution is -0.142. The van der Waals surface area contributed by atoms with E-state index in [9.17, 15) is 4.79 Å². The van der Waals surface area contributed by atoms with Gasteiger partial charge in [0, 0.05) is 5.56 Å². The van der Waals surface area contributed by atoms with E-state index in [2.05, 4.69) is 15.9 Å². The number of hydrogen-bond donors (Lipinski definition) is 0. The molecule has 0 N–H and O–H groups in total. The summed E-state index contributed by atoms with van der Waals surface area (Å²) < 4.78 is 11.1. The second-order valence-corrected chi connectivity index (χ2v) is 4.21. The zero-order chi connectivity index (χ0) is 12.1. The van der Waals surface area contributed by atoms with Gasteiger partial charge < -0.3 is 9.47 Å². The van der Waals surface area contributed by atoms with Crippen LogP contribution < -0.4 is 4.74 Å². The summed E-state index contributed by atoms with van der Waals surface area (Å²) in [5.41, 5.74) is 1.89. The van der Waals surface area contributed by atoms with Crippen LogP contribution in [-0.4, -0.2) is 19.7 Å². The van der Waals surface area contributed by atoms with Gasteiger partial charge in [0.2, 0.25) is 0 Å². The molecule has 0 spiro atoms. The Morgan fingerprint density at radius 2 is 2.12 bits per heavy atom. The van der Waals surface area contributed by atoms with Crippen molar-refractivity contribution in [2.75, 3.05) is 13.7 Å². The maximum Gasteiger partial charge on any atom is 0.310 e. The van der Waals surface area contributed by atoms with Crippen molar-refractivity contribution in [3.8, 4) is 5.75 Å². The molecule has 0 saturated carbocycles. The first-order valence-corrected chi connectivity index (χ1v) is 5.87. The van der Waals surface area contributed by atoms with Crippen LogP contribution in [0, 0.1) is 6.92 Å². The largest absolute Gasteiger partial charge is 0.495 e. The van der Waals surface area contributed by atoms with Crippen LogP contribution in [0.25, 0.3) is 0 Å². The summed E-state index contributed by atoms with van der Waals surface area (Å²) in [6.45, 7) is 4.14. The van der Waals surface area contributed by atoms with Crippen LogP contribution in [0.4, 0.5) is 0 Å². The van der Waals surface area contributed by atoms with Gasteiger partial charge in [-0.15, -0.1) is 0 Å². The van der Waals surface area contributed by atoms with Crippen LogP contribution in [0.3, 0.4) is 0 Å². The molecule has 0 aliphatic heterocycles. The number of esters is 1. The van der Waals surface area contributed by atoms with Crippen molar-refractivity contribution < 1.29 is 14.3 Å². The number of halogens is 1. The zero-order valence-corrected chi connectivity index (χ0v) is 11.3. The fourth-order valence-corrected chi connectivity index (χ4v) is 2.03. The van der Waals surface area contributed by atoms with E-state index in [-0.39, 0.29) is 12.4 Å². The lowest BCUT2D eigenvalue weighted by Crippen LogP contribution is -2.10. The van der Waals surface area contributed by atoms with Gasteiger partial charge in [0.15, 0.2) is 0 Å². The fourth-order valence-electron chi connectivity index (χ4n) is 1.49. The second kappa shape index (κ2) is 5.89. The second-order valence-electron chi connectivity index (χ2n) is 3.36. The molecule has 0 aliphatic rings. The first-order chi connectivity index (χ1) is 7.60. The summed E-state index contributed by atoms with van der Waals surface area (Å²) in [4.78, 5) is 11.5. The highest BCUT2D eigenvalue weighted by atomic mass is 79.9. The molecule has 0 fully saturated rings. The standard InChI is InChI=1S/C12H15BrO3/c1-4-16-11(14)7-9-8(2)5-6-10(13)12(9)15-3/h5-6H,4,7H2,1-3H3. The van der Waals surface area contributed by atoms with E-state index < -0.39 is 0 Å². The molecule has 0 saturated heterocycles. The molecule has 16 heavy (non-hydrogen) atoms. The van der Waals surface area contributed by atoms with Gasteiger partial charge in [-0.1, -0.05) is 6.07 Å². The van der Waals surface area contributed by atoms with Crippen molar-refractivity contribution in [1.82, 2.24) is 0 Å². The molecule has 4 heteroatoms. The first kappa shape index (κ1) is 13.0.